The normalized spacial score (nSPS) is 17.8. The predicted molar refractivity (Wildman–Crippen MR) is 78.9 cm³/mol. The number of aryl methyl sites for hydroxylation is 1. The molecule has 2 aromatic rings. The van der Waals surface area contributed by atoms with Crippen LogP contribution in [0.25, 0.3) is 0 Å². The average Bonchev–Trinajstić information content (AvgIpc) is 2.82. The Morgan fingerprint density at radius 3 is 2.45 bits per heavy atom. The molecule has 1 unspecified atom stereocenters. The Morgan fingerprint density at radius 1 is 1.05 bits per heavy atom. The van der Waals surface area contributed by atoms with Crippen LogP contribution >= 0.6 is 0 Å². The van der Waals surface area contributed by atoms with Gasteiger partial charge < -0.3 is 5.32 Å². The summed E-state index contributed by atoms with van der Waals surface area (Å²) in [6.45, 7) is 0. The van der Waals surface area contributed by atoms with Crippen molar-refractivity contribution in [1.82, 2.24) is 0 Å². The van der Waals surface area contributed by atoms with Crippen LogP contribution in [0.5, 0.6) is 0 Å². The van der Waals surface area contributed by atoms with E-state index in [0.29, 0.717) is 0 Å². The molecule has 0 heterocycles. The number of hydrogen-bond acceptors (Lipinski definition) is 3. The third-order valence-electron chi connectivity index (χ3n) is 3.66. The lowest BCUT2D eigenvalue weighted by Gasteiger charge is -2.15. The molecule has 0 radical (unpaired) electrons. The van der Waals surface area contributed by atoms with Gasteiger partial charge in [-0.1, -0.05) is 24.3 Å². The SMILES string of the molecule is NS(=O)(=O)c1ccc(NC2CCc3ccccc32)cc1. The van der Waals surface area contributed by atoms with E-state index in [4.69, 9.17) is 5.14 Å². The highest BCUT2D eigenvalue weighted by Gasteiger charge is 2.21. The number of nitrogens with one attached hydrogen (secondary N) is 1. The van der Waals surface area contributed by atoms with E-state index in [9.17, 15) is 8.42 Å². The van der Waals surface area contributed by atoms with E-state index in [1.165, 1.54) is 23.3 Å². The van der Waals surface area contributed by atoms with Gasteiger partial charge in [-0.2, -0.15) is 0 Å². The zero-order valence-corrected chi connectivity index (χ0v) is 11.7. The number of primary sulfonamides is 1. The first-order valence-electron chi connectivity index (χ1n) is 6.51. The van der Waals surface area contributed by atoms with E-state index in [1.807, 2.05) is 6.07 Å². The Hall–Kier alpha value is -1.85. The number of nitrogens with two attached hydrogens (primary N) is 1. The van der Waals surface area contributed by atoms with Gasteiger partial charge >= 0.3 is 0 Å². The fourth-order valence-electron chi connectivity index (χ4n) is 2.65. The molecule has 0 amide bonds. The largest absolute Gasteiger partial charge is 0.378 e. The van der Waals surface area contributed by atoms with Crippen LogP contribution in [-0.2, 0) is 16.4 Å². The summed E-state index contributed by atoms with van der Waals surface area (Å²) in [5, 5.41) is 8.53. The molecular weight excluding hydrogens is 272 g/mol. The van der Waals surface area contributed by atoms with Crippen molar-refractivity contribution in [2.45, 2.75) is 23.8 Å². The maximum atomic E-state index is 11.2. The molecule has 0 spiro atoms. The molecule has 4 nitrogen and oxygen atoms in total. The van der Waals surface area contributed by atoms with Gasteiger partial charge in [0.05, 0.1) is 10.9 Å². The van der Waals surface area contributed by atoms with Crippen LogP contribution in [0.3, 0.4) is 0 Å². The van der Waals surface area contributed by atoms with E-state index in [1.54, 1.807) is 12.1 Å². The minimum atomic E-state index is -3.62. The number of rotatable bonds is 3. The Labute approximate surface area is 118 Å². The first kappa shape index (κ1) is 13.1. The van der Waals surface area contributed by atoms with Crippen molar-refractivity contribution in [2.24, 2.45) is 5.14 Å². The molecule has 0 aliphatic heterocycles. The van der Waals surface area contributed by atoms with Gasteiger partial charge in [0.2, 0.25) is 10.0 Å². The van der Waals surface area contributed by atoms with Gasteiger partial charge in [0.15, 0.2) is 0 Å². The van der Waals surface area contributed by atoms with Gasteiger partial charge in [0, 0.05) is 5.69 Å². The van der Waals surface area contributed by atoms with E-state index >= 15 is 0 Å². The Balaban J connectivity index is 1.80. The quantitative estimate of drug-likeness (QED) is 0.911. The van der Waals surface area contributed by atoms with Gasteiger partial charge in [-0.05, 0) is 48.2 Å². The second-order valence-electron chi connectivity index (χ2n) is 5.00. The summed E-state index contributed by atoms with van der Waals surface area (Å²) < 4.78 is 22.4. The Bertz CT molecular complexity index is 724. The minimum absolute atomic E-state index is 0.134. The van der Waals surface area contributed by atoms with Gasteiger partial charge in [-0.15, -0.1) is 0 Å². The third kappa shape index (κ3) is 2.55. The number of fused-ring (bicyclic) bond motifs is 1. The first-order valence-corrected chi connectivity index (χ1v) is 8.06. The smallest absolute Gasteiger partial charge is 0.238 e. The maximum absolute atomic E-state index is 11.2. The summed E-state index contributed by atoms with van der Waals surface area (Å²) in [6.07, 6.45) is 2.12. The van der Waals surface area contributed by atoms with Crippen molar-refractivity contribution < 1.29 is 8.42 Å². The highest BCUT2D eigenvalue weighted by molar-refractivity contribution is 7.89. The molecule has 1 aliphatic carbocycles. The topological polar surface area (TPSA) is 72.2 Å². The molecule has 0 fully saturated rings. The molecule has 5 heteroatoms. The zero-order chi connectivity index (χ0) is 14.2. The molecule has 2 aromatic carbocycles. The van der Waals surface area contributed by atoms with Crippen molar-refractivity contribution in [3.8, 4) is 0 Å². The third-order valence-corrected chi connectivity index (χ3v) is 4.59. The fraction of sp³-hybridized carbons (Fsp3) is 0.200. The summed E-state index contributed by atoms with van der Waals surface area (Å²) >= 11 is 0. The van der Waals surface area contributed by atoms with Gasteiger partial charge in [0.25, 0.3) is 0 Å². The molecule has 1 atom stereocenters. The van der Waals surface area contributed by atoms with E-state index < -0.39 is 10.0 Å². The lowest BCUT2D eigenvalue weighted by molar-refractivity contribution is 0.598. The summed E-state index contributed by atoms with van der Waals surface area (Å²) in [6, 6.07) is 15.2. The number of hydrogen-bond donors (Lipinski definition) is 2. The zero-order valence-electron chi connectivity index (χ0n) is 10.9. The van der Waals surface area contributed by atoms with E-state index in [0.717, 1.165) is 18.5 Å². The first-order chi connectivity index (χ1) is 9.54. The number of sulfonamides is 1. The predicted octanol–water partition coefficient (Wildman–Crippen LogP) is 2.43. The summed E-state index contributed by atoms with van der Waals surface area (Å²) in [4.78, 5) is 0.134. The summed E-state index contributed by atoms with van der Waals surface area (Å²) in [7, 11) is -3.62. The van der Waals surface area contributed by atoms with Crippen molar-refractivity contribution >= 4 is 15.7 Å². The molecule has 3 N–H and O–H groups in total. The monoisotopic (exact) mass is 288 g/mol. The maximum Gasteiger partial charge on any atom is 0.238 e. The van der Waals surface area contributed by atoms with E-state index in [2.05, 4.69) is 23.5 Å². The van der Waals surface area contributed by atoms with Crippen molar-refractivity contribution in [2.75, 3.05) is 5.32 Å². The molecule has 0 aromatic heterocycles. The second-order valence-corrected chi connectivity index (χ2v) is 6.57. The van der Waals surface area contributed by atoms with Crippen LogP contribution < -0.4 is 10.5 Å². The highest BCUT2D eigenvalue weighted by Crippen LogP contribution is 2.33. The summed E-state index contributed by atoms with van der Waals surface area (Å²) in [5.41, 5.74) is 3.60. The molecule has 3 rings (SSSR count). The molecule has 104 valence electrons. The van der Waals surface area contributed by atoms with Gasteiger partial charge in [-0.3, -0.25) is 0 Å². The standard InChI is InChI=1S/C15H16N2O2S/c16-20(18,19)13-8-6-12(7-9-13)17-15-10-5-11-3-1-2-4-14(11)15/h1-4,6-9,15,17H,5,10H2,(H2,16,18,19). The minimum Gasteiger partial charge on any atom is -0.378 e. The number of anilines is 1. The molecule has 1 aliphatic rings. The van der Waals surface area contributed by atoms with Crippen LogP contribution in [0.1, 0.15) is 23.6 Å². The molecule has 0 saturated heterocycles. The van der Waals surface area contributed by atoms with E-state index in [-0.39, 0.29) is 10.9 Å². The van der Waals surface area contributed by atoms with Crippen molar-refractivity contribution in [3.63, 3.8) is 0 Å². The summed E-state index contributed by atoms with van der Waals surface area (Å²) in [5.74, 6) is 0. The number of benzene rings is 2. The lowest BCUT2D eigenvalue weighted by atomic mass is 10.1. The fourth-order valence-corrected chi connectivity index (χ4v) is 3.16. The Morgan fingerprint density at radius 2 is 1.75 bits per heavy atom. The van der Waals surface area contributed by atoms with Crippen molar-refractivity contribution in [1.29, 1.82) is 0 Å². The van der Waals surface area contributed by atoms with Crippen LogP contribution in [0.15, 0.2) is 53.4 Å². The highest BCUT2D eigenvalue weighted by atomic mass is 32.2. The second kappa shape index (κ2) is 4.92. The molecule has 20 heavy (non-hydrogen) atoms. The lowest BCUT2D eigenvalue weighted by Crippen LogP contribution is -2.12. The van der Waals surface area contributed by atoms with Crippen LogP contribution in [0.4, 0.5) is 5.69 Å². The molecular formula is C15H16N2O2S. The van der Waals surface area contributed by atoms with Gasteiger partial charge in [-0.25, -0.2) is 13.6 Å². The van der Waals surface area contributed by atoms with Gasteiger partial charge in [0.1, 0.15) is 0 Å². The van der Waals surface area contributed by atoms with Crippen molar-refractivity contribution in [3.05, 3.63) is 59.7 Å². The average molecular weight is 288 g/mol. The van der Waals surface area contributed by atoms with Crippen LogP contribution in [0.2, 0.25) is 0 Å². The van der Waals surface area contributed by atoms with Crippen LogP contribution in [-0.4, -0.2) is 8.42 Å². The molecule has 0 bridgehead atoms. The molecule has 0 saturated carbocycles. The van der Waals surface area contributed by atoms with Crippen LogP contribution in [0, 0.1) is 0 Å². The Kier molecular flexibility index (Phi) is 3.23.